The quantitative estimate of drug-likeness (QED) is 0.840. The lowest BCUT2D eigenvalue weighted by Crippen LogP contribution is -2.37. The van der Waals surface area contributed by atoms with Crippen LogP contribution < -0.4 is 0 Å². The molecule has 29 heavy (non-hydrogen) atoms. The Hall–Kier alpha value is -2.37. The van der Waals surface area contributed by atoms with Crippen LogP contribution in [0.15, 0.2) is 12.1 Å². The van der Waals surface area contributed by atoms with Gasteiger partial charge in [-0.15, -0.1) is 0 Å². The number of aryl methyl sites for hydroxylation is 1. The van der Waals surface area contributed by atoms with Crippen LogP contribution in [0.5, 0.6) is 0 Å². The van der Waals surface area contributed by atoms with Gasteiger partial charge in [0.2, 0.25) is 5.91 Å². The van der Waals surface area contributed by atoms with Crippen molar-refractivity contribution in [3.63, 3.8) is 0 Å². The summed E-state index contributed by atoms with van der Waals surface area (Å²) in [5.41, 5.74) is 2.62. The molecule has 0 spiro atoms. The lowest BCUT2D eigenvalue weighted by atomic mass is 9.88. The monoisotopic (exact) mass is 399 g/mol. The molecule has 0 bridgehead atoms. The number of halogens is 1. The predicted molar refractivity (Wildman–Crippen MR) is 112 cm³/mol. The molecule has 2 aromatic rings. The van der Waals surface area contributed by atoms with Crippen molar-refractivity contribution >= 4 is 22.7 Å². The summed E-state index contributed by atoms with van der Waals surface area (Å²) in [5, 5.41) is 0.799. The molecule has 6 heteroatoms. The third-order valence-electron chi connectivity index (χ3n) is 6.53. The van der Waals surface area contributed by atoms with Gasteiger partial charge in [-0.1, -0.05) is 13.0 Å². The molecule has 1 N–H and O–H groups in total. The van der Waals surface area contributed by atoms with Crippen molar-refractivity contribution in [1.29, 1.82) is 0 Å². The van der Waals surface area contributed by atoms with Gasteiger partial charge in [0.05, 0.1) is 5.52 Å². The Balaban J connectivity index is 1.71. The summed E-state index contributed by atoms with van der Waals surface area (Å²) in [6.07, 6.45) is 5.73. The second-order valence-electron chi connectivity index (χ2n) is 8.42. The van der Waals surface area contributed by atoms with E-state index >= 15 is 4.39 Å². The number of benzene rings is 1. The third kappa shape index (κ3) is 3.77. The molecule has 2 aliphatic heterocycles. The van der Waals surface area contributed by atoms with E-state index in [2.05, 4.69) is 11.9 Å². The van der Waals surface area contributed by atoms with Crippen molar-refractivity contribution < 1.29 is 14.0 Å². The molecule has 0 saturated carbocycles. The first-order chi connectivity index (χ1) is 14.0. The molecule has 5 nitrogen and oxygen atoms in total. The van der Waals surface area contributed by atoms with Crippen LogP contribution in [0, 0.1) is 5.82 Å². The highest BCUT2D eigenvalue weighted by molar-refractivity contribution is 5.99. The number of rotatable bonds is 3. The Morgan fingerprint density at radius 3 is 2.52 bits per heavy atom. The Kier molecular flexibility index (Phi) is 5.61. The van der Waals surface area contributed by atoms with Crippen molar-refractivity contribution in [2.24, 2.45) is 0 Å². The van der Waals surface area contributed by atoms with Gasteiger partial charge in [0.15, 0.2) is 5.82 Å². The molecule has 4 rings (SSSR count). The molecule has 156 valence electrons. The highest BCUT2D eigenvalue weighted by Gasteiger charge is 2.28. The highest BCUT2D eigenvalue weighted by atomic mass is 19.1. The molecular weight excluding hydrogens is 369 g/mol. The zero-order valence-electron chi connectivity index (χ0n) is 17.4. The second-order valence-corrected chi connectivity index (χ2v) is 8.42. The fraction of sp³-hybridized carbons (Fsp3) is 0.565. The summed E-state index contributed by atoms with van der Waals surface area (Å²) < 4.78 is 15.6. The maximum Gasteiger partial charge on any atom is 0.270 e. The average Bonchev–Trinajstić information content (AvgIpc) is 3.20. The molecule has 1 atom stereocenters. The number of carbonyl (C=O) groups is 2. The van der Waals surface area contributed by atoms with E-state index in [9.17, 15) is 9.59 Å². The number of H-pyrrole nitrogens is 1. The van der Waals surface area contributed by atoms with Crippen molar-refractivity contribution in [2.75, 3.05) is 26.2 Å². The molecule has 1 aromatic carbocycles. The zero-order chi connectivity index (χ0) is 20.5. The summed E-state index contributed by atoms with van der Waals surface area (Å²) in [6.45, 7) is 6.47. The number of aromatic amines is 1. The SMILES string of the molecule is CCc1cc([C@@H]2CCCN(C(C)=O)C2)c(F)c2[nH]c(C(=O)N3CCCCC3)cc12. The molecular formula is C23H30FN3O2. The predicted octanol–water partition coefficient (Wildman–Crippen LogP) is 4.22. The van der Waals surface area contributed by atoms with Gasteiger partial charge in [-0.25, -0.2) is 4.39 Å². The molecule has 0 radical (unpaired) electrons. The van der Waals surface area contributed by atoms with E-state index in [0.29, 0.717) is 23.3 Å². The van der Waals surface area contributed by atoms with Crippen molar-refractivity contribution in [3.05, 3.63) is 34.8 Å². The van der Waals surface area contributed by atoms with Gasteiger partial charge >= 0.3 is 0 Å². The summed E-state index contributed by atoms with van der Waals surface area (Å²) in [4.78, 5) is 31.5. The molecule has 0 aliphatic carbocycles. The molecule has 3 heterocycles. The van der Waals surface area contributed by atoms with E-state index in [4.69, 9.17) is 0 Å². The summed E-state index contributed by atoms with van der Waals surface area (Å²) in [6, 6.07) is 3.77. The van der Waals surface area contributed by atoms with Crippen LogP contribution in [0.4, 0.5) is 4.39 Å². The average molecular weight is 400 g/mol. The van der Waals surface area contributed by atoms with Crippen LogP contribution in [0.1, 0.15) is 73.5 Å². The summed E-state index contributed by atoms with van der Waals surface area (Å²) >= 11 is 0. The summed E-state index contributed by atoms with van der Waals surface area (Å²) in [7, 11) is 0. The number of fused-ring (bicyclic) bond motifs is 1. The molecule has 1 aromatic heterocycles. The number of carbonyl (C=O) groups excluding carboxylic acids is 2. The molecule has 2 aliphatic rings. The fourth-order valence-electron chi connectivity index (χ4n) is 4.84. The lowest BCUT2D eigenvalue weighted by molar-refractivity contribution is -0.130. The van der Waals surface area contributed by atoms with Crippen LogP contribution >= 0.6 is 0 Å². The topological polar surface area (TPSA) is 56.4 Å². The van der Waals surface area contributed by atoms with E-state index in [1.165, 1.54) is 0 Å². The largest absolute Gasteiger partial charge is 0.348 e. The highest BCUT2D eigenvalue weighted by Crippen LogP contribution is 2.35. The lowest BCUT2D eigenvalue weighted by Gasteiger charge is -2.32. The Morgan fingerprint density at radius 2 is 1.83 bits per heavy atom. The van der Waals surface area contributed by atoms with Gasteiger partial charge in [0, 0.05) is 44.4 Å². The van der Waals surface area contributed by atoms with Crippen LogP contribution in [0.25, 0.3) is 10.9 Å². The van der Waals surface area contributed by atoms with Crippen LogP contribution in [-0.4, -0.2) is 52.8 Å². The molecule has 2 amide bonds. The smallest absolute Gasteiger partial charge is 0.270 e. The van der Waals surface area contributed by atoms with Crippen LogP contribution in [-0.2, 0) is 11.2 Å². The van der Waals surface area contributed by atoms with Crippen molar-refractivity contribution in [2.45, 2.75) is 58.3 Å². The minimum absolute atomic E-state index is 0.00750. The maximum atomic E-state index is 15.6. The second kappa shape index (κ2) is 8.17. The number of aromatic nitrogens is 1. The van der Waals surface area contributed by atoms with Gasteiger partial charge < -0.3 is 14.8 Å². The van der Waals surface area contributed by atoms with Gasteiger partial charge in [-0.05, 0) is 55.7 Å². The van der Waals surface area contributed by atoms with E-state index in [-0.39, 0.29) is 23.5 Å². The normalized spacial score (nSPS) is 20.3. The van der Waals surface area contributed by atoms with Crippen molar-refractivity contribution in [1.82, 2.24) is 14.8 Å². The van der Waals surface area contributed by atoms with Crippen LogP contribution in [0.2, 0.25) is 0 Å². The van der Waals surface area contributed by atoms with E-state index in [1.807, 2.05) is 21.9 Å². The number of nitrogens with zero attached hydrogens (tertiary/aromatic N) is 2. The van der Waals surface area contributed by atoms with E-state index in [0.717, 1.165) is 69.1 Å². The first-order valence-electron chi connectivity index (χ1n) is 10.9. The molecule has 2 fully saturated rings. The molecule has 0 unspecified atom stereocenters. The van der Waals surface area contributed by atoms with Crippen molar-refractivity contribution in [3.8, 4) is 0 Å². The standard InChI is InChI=1S/C23H30FN3O2/c1-3-16-12-18(17-8-7-11-27(14-17)15(2)28)21(24)22-19(16)13-20(25-22)23(29)26-9-5-4-6-10-26/h12-13,17,25H,3-11,14H2,1-2H3/t17-/m1/s1. The van der Waals surface area contributed by atoms with Crippen LogP contribution in [0.3, 0.4) is 0 Å². The Labute approximate surface area is 171 Å². The Morgan fingerprint density at radius 1 is 1.10 bits per heavy atom. The minimum atomic E-state index is -0.273. The number of hydrogen-bond acceptors (Lipinski definition) is 2. The fourth-order valence-corrected chi connectivity index (χ4v) is 4.84. The molecule has 2 saturated heterocycles. The van der Waals surface area contributed by atoms with Gasteiger partial charge in [0.1, 0.15) is 5.69 Å². The summed E-state index contributed by atoms with van der Waals surface area (Å²) in [5.74, 6) is -0.275. The first kappa shape index (κ1) is 19.9. The maximum absolute atomic E-state index is 15.6. The Bertz CT molecular complexity index is 930. The number of amides is 2. The number of piperidine rings is 2. The van der Waals surface area contributed by atoms with Gasteiger partial charge in [-0.2, -0.15) is 0 Å². The van der Waals surface area contributed by atoms with E-state index < -0.39 is 0 Å². The van der Waals surface area contributed by atoms with E-state index in [1.54, 1.807) is 6.92 Å². The van der Waals surface area contributed by atoms with Gasteiger partial charge in [0.25, 0.3) is 5.91 Å². The zero-order valence-corrected chi connectivity index (χ0v) is 17.4. The minimum Gasteiger partial charge on any atom is -0.348 e. The van der Waals surface area contributed by atoms with Gasteiger partial charge in [-0.3, -0.25) is 9.59 Å². The third-order valence-corrected chi connectivity index (χ3v) is 6.53. The number of likely N-dealkylation sites (tertiary alicyclic amines) is 2. The number of nitrogens with one attached hydrogen (secondary N) is 1. The number of hydrogen-bond donors (Lipinski definition) is 1. The first-order valence-corrected chi connectivity index (χ1v) is 10.9.